The van der Waals surface area contributed by atoms with Crippen LogP contribution in [0.1, 0.15) is 25.8 Å². The molecule has 0 aliphatic rings. The minimum atomic E-state index is 0.355. The standard InChI is InChI=1S/C16H27NO2/c1-13(2)9-15(12-17-7-8-19-3)10-14-5-4-6-16(18)11-14/h4-6,11,13,15,17-18H,7-10,12H2,1-3H3. The van der Waals surface area contributed by atoms with Gasteiger partial charge in [0, 0.05) is 13.7 Å². The first-order valence-corrected chi connectivity index (χ1v) is 7.09. The van der Waals surface area contributed by atoms with Crippen LogP contribution in [0.5, 0.6) is 5.75 Å². The third kappa shape index (κ3) is 7.19. The third-order valence-corrected chi connectivity index (χ3v) is 3.16. The van der Waals surface area contributed by atoms with Gasteiger partial charge in [0.2, 0.25) is 0 Å². The Labute approximate surface area is 117 Å². The van der Waals surface area contributed by atoms with Crippen LogP contribution in [0.4, 0.5) is 0 Å². The first kappa shape index (κ1) is 16.0. The van der Waals surface area contributed by atoms with Gasteiger partial charge in [-0.2, -0.15) is 0 Å². The van der Waals surface area contributed by atoms with Gasteiger partial charge in [0.05, 0.1) is 6.61 Å². The molecule has 0 aromatic heterocycles. The molecule has 108 valence electrons. The highest BCUT2D eigenvalue weighted by Gasteiger charge is 2.12. The normalized spacial score (nSPS) is 12.8. The van der Waals surface area contributed by atoms with Crippen molar-refractivity contribution in [2.45, 2.75) is 26.7 Å². The molecular weight excluding hydrogens is 238 g/mol. The topological polar surface area (TPSA) is 41.5 Å². The maximum Gasteiger partial charge on any atom is 0.115 e. The van der Waals surface area contributed by atoms with E-state index in [0.29, 0.717) is 17.6 Å². The molecule has 0 fully saturated rings. The number of ether oxygens (including phenoxy) is 1. The van der Waals surface area contributed by atoms with Gasteiger partial charge in [-0.05, 0) is 48.9 Å². The maximum atomic E-state index is 9.52. The van der Waals surface area contributed by atoms with Gasteiger partial charge in [0.25, 0.3) is 0 Å². The molecular formula is C16H27NO2. The fraction of sp³-hybridized carbons (Fsp3) is 0.625. The third-order valence-electron chi connectivity index (χ3n) is 3.16. The smallest absolute Gasteiger partial charge is 0.115 e. The number of benzene rings is 1. The second-order valence-electron chi connectivity index (χ2n) is 5.57. The van der Waals surface area contributed by atoms with Crippen molar-refractivity contribution in [1.29, 1.82) is 0 Å². The van der Waals surface area contributed by atoms with E-state index >= 15 is 0 Å². The molecule has 19 heavy (non-hydrogen) atoms. The first-order chi connectivity index (χ1) is 9.11. The SMILES string of the molecule is COCCNCC(Cc1cccc(O)c1)CC(C)C. The molecule has 0 spiro atoms. The summed E-state index contributed by atoms with van der Waals surface area (Å²) in [6.45, 7) is 7.15. The van der Waals surface area contributed by atoms with Gasteiger partial charge in [-0.15, -0.1) is 0 Å². The summed E-state index contributed by atoms with van der Waals surface area (Å²) >= 11 is 0. The summed E-state index contributed by atoms with van der Waals surface area (Å²) in [4.78, 5) is 0. The lowest BCUT2D eigenvalue weighted by Crippen LogP contribution is -2.28. The monoisotopic (exact) mass is 265 g/mol. The minimum Gasteiger partial charge on any atom is -0.508 e. The van der Waals surface area contributed by atoms with Crippen molar-refractivity contribution in [3.05, 3.63) is 29.8 Å². The predicted octanol–water partition coefficient (Wildman–Crippen LogP) is 2.83. The fourth-order valence-corrected chi connectivity index (χ4v) is 2.40. The van der Waals surface area contributed by atoms with E-state index in [1.165, 1.54) is 12.0 Å². The molecule has 1 unspecified atom stereocenters. The van der Waals surface area contributed by atoms with Crippen molar-refractivity contribution in [3.8, 4) is 5.75 Å². The summed E-state index contributed by atoms with van der Waals surface area (Å²) in [6.07, 6.45) is 2.20. The summed E-state index contributed by atoms with van der Waals surface area (Å²) in [7, 11) is 1.72. The number of hydrogen-bond acceptors (Lipinski definition) is 3. The number of methoxy groups -OCH3 is 1. The lowest BCUT2D eigenvalue weighted by Gasteiger charge is -2.20. The molecule has 0 heterocycles. The van der Waals surface area contributed by atoms with Gasteiger partial charge in [-0.3, -0.25) is 0 Å². The highest BCUT2D eigenvalue weighted by atomic mass is 16.5. The van der Waals surface area contributed by atoms with Crippen LogP contribution in [0.15, 0.2) is 24.3 Å². The second kappa shape index (κ2) is 8.94. The molecule has 1 atom stereocenters. The van der Waals surface area contributed by atoms with E-state index in [0.717, 1.165) is 26.1 Å². The summed E-state index contributed by atoms with van der Waals surface area (Å²) < 4.78 is 5.04. The van der Waals surface area contributed by atoms with Crippen LogP contribution >= 0.6 is 0 Å². The number of hydrogen-bond donors (Lipinski definition) is 2. The average molecular weight is 265 g/mol. The molecule has 0 radical (unpaired) electrons. The molecule has 0 saturated carbocycles. The van der Waals surface area contributed by atoms with Crippen molar-refractivity contribution in [2.24, 2.45) is 11.8 Å². The van der Waals surface area contributed by atoms with Gasteiger partial charge >= 0.3 is 0 Å². The van der Waals surface area contributed by atoms with E-state index in [9.17, 15) is 5.11 Å². The molecule has 0 amide bonds. The molecule has 0 aliphatic heterocycles. The van der Waals surface area contributed by atoms with Gasteiger partial charge in [-0.1, -0.05) is 26.0 Å². The van der Waals surface area contributed by atoms with Crippen LogP contribution in [0.2, 0.25) is 0 Å². The molecule has 1 aromatic rings. The number of phenols is 1. The van der Waals surface area contributed by atoms with Gasteiger partial charge in [0.15, 0.2) is 0 Å². The number of rotatable bonds is 9. The summed E-state index contributed by atoms with van der Waals surface area (Å²) in [5.74, 6) is 1.64. The van der Waals surface area contributed by atoms with Crippen LogP contribution in [-0.2, 0) is 11.2 Å². The average Bonchev–Trinajstić information content (AvgIpc) is 2.34. The Morgan fingerprint density at radius 2 is 2.11 bits per heavy atom. The van der Waals surface area contributed by atoms with E-state index in [4.69, 9.17) is 4.74 Å². The minimum absolute atomic E-state index is 0.355. The van der Waals surface area contributed by atoms with E-state index in [2.05, 4.69) is 25.2 Å². The van der Waals surface area contributed by atoms with Crippen molar-refractivity contribution in [1.82, 2.24) is 5.32 Å². The second-order valence-corrected chi connectivity index (χ2v) is 5.57. The first-order valence-electron chi connectivity index (χ1n) is 7.09. The highest BCUT2D eigenvalue weighted by Crippen LogP contribution is 2.19. The fourth-order valence-electron chi connectivity index (χ4n) is 2.40. The van der Waals surface area contributed by atoms with E-state index in [-0.39, 0.29) is 0 Å². The zero-order valence-corrected chi connectivity index (χ0v) is 12.4. The number of nitrogens with one attached hydrogen (secondary N) is 1. The zero-order valence-electron chi connectivity index (χ0n) is 12.4. The van der Waals surface area contributed by atoms with Crippen LogP contribution in [-0.4, -0.2) is 31.9 Å². The van der Waals surface area contributed by atoms with E-state index in [1.807, 2.05) is 12.1 Å². The molecule has 0 bridgehead atoms. The number of aromatic hydroxyl groups is 1. The summed E-state index contributed by atoms with van der Waals surface area (Å²) in [6, 6.07) is 7.58. The van der Waals surface area contributed by atoms with Gasteiger partial charge < -0.3 is 15.2 Å². The lowest BCUT2D eigenvalue weighted by atomic mass is 9.91. The number of phenolic OH excluding ortho intramolecular Hbond substituents is 1. The Hall–Kier alpha value is -1.06. The Balaban J connectivity index is 2.48. The molecule has 2 N–H and O–H groups in total. The Bertz CT molecular complexity index is 352. The molecule has 3 heteroatoms. The quantitative estimate of drug-likeness (QED) is 0.675. The van der Waals surface area contributed by atoms with Crippen LogP contribution < -0.4 is 5.32 Å². The van der Waals surface area contributed by atoms with Crippen molar-refractivity contribution >= 4 is 0 Å². The van der Waals surface area contributed by atoms with E-state index < -0.39 is 0 Å². The Kier molecular flexibility index (Phi) is 7.53. The van der Waals surface area contributed by atoms with E-state index in [1.54, 1.807) is 13.2 Å². The Morgan fingerprint density at radius 1 is 1.32 bits per heavy atom. The van der Waals surface area contributed by atoms with Crippen LogP contribution in [0, 0.1) is 11.8 Å². The molecule has 3 nitrogen and oxygen atoms in total. The lowest BCUT2D eigenvalue weighted by molar-refractivity contribution is 0.197. The summed E-state index contributed by atoms with van der Waals surface area (Å²) in [5, 5.41) is 13.0. The largest absolute Gasteiger partial charge is 0.508 e. The maximum absolute atomic E-state index is 9.52. The summed E-state index contributed by atoms with van der Waals surface area (Å²) in [5.41, 5.74) is 1.21. The van der Waals surface area contributed by atoms with Crippen molar-refractivity contribution < 1.29 is 9.84 Å². The van der Waals surface area contributed by atoms with Gasteiger partial charge in [-0.25, -0.2) is 0 Å². The molecule has 1 aromatic carbocycles. The predicted molar refractivity (Wildman–Crippen MR) is 79.5 cm³/mol. The van der Waals surface area contributed by atoms with Crippen molar-refractivity contribution in [3.63, 3.8) is 0 Å². The molecule has 0 saturated heterocycles. The highest BCUT2D eigenvalue weighted by molar-refractivity contribution is 5.27. The van der Waals surface area contributed by atoms with Crippen molar-refractivity contribution in [2.75, 3.05) is 26.8 Å². The Morgan fingerprint density at radius 3 is 2.74 bits per heavy atom. The van der Waals surface area contributed by atoms with Crippen LogP contribution in [0.25, 0.3) is 0 Å². The van der Waals surface area contributed by atoms with Crippen LogP contribution in [0.3, 0.4) is 0 Å². The van der Waals surface area contributed by atoms with Gasteiger partial charge in [0.1, 0.15) is 5.75 Å². The zero-order chi connectivity index (χ0) is 14.1. The molecule has 0 aliphatic carbocycles. The molecule has 1 rings (SSSR count).